The molecular weight excluding hydrogens is 490 g/mol. The first-order valence-electron chi connectivity index (χ1n) is 13.6. The van der Waals surface area contributed by atoms with Crippen molar-refractivity contribution in [1.82, 2.24) is 24.7 Å². The number of nitrogens with one attached hydrogen (secondary N) is 1. The molecule has 2 aromatic heterocycles. The molecule has 2 aliphatic rings. The summed E-state index contributed by atoms with van der Waals surface area (Å²) < 4.78 is 7.94. The van der Waals surface area contributed by atoms with E-state index in [0.717, 1.165) is 56.6 Å². The molecule has 6 rings (SSSR count). The number of ether oxygens (including phenoxy) is 1. The van der Waals surface area contributed by atoms with E-state index in [1.165, 1.54) is 33.4 Å². The minimum Gasteiger partial charge on any atom is -0.379 e. The summed E-state index contributed by atoms with van der Waals surface area (Å²) in [5.74, 6) is 0. The third kappa shape index (κ3) is 4.70. The number of benzene rings is 2. The largest absolute Gasteiger partial charge is 0.379 e. The molecule has 1 N–H and O–H groups in total. The number of nitrogens with zero attached hydrogens (tertiary/aromatic N) is 4. The summed E-state index contributed by atoms with van der Waals surface area (Å²) >= 11 is 5.95. The van der Waals surface area contributed by atoms with Crippen molar-refractivity contribution in [2.24, 2.45) is 0 Å². The number of pyridine rings is 1. The van der Waals surface area contributed by atoms with Crippen molar-refractivity contribution < 1.29 is 4.74 Å². The monoisotopic (exact) mass is 525 g/mol. The standard InChI is InChI=1S/C31H35N5OS/c1-22-21-26(23(2)36(22)28-13-7-10-24-9-3-4-11-25(24)28)30-29(27-12-5-6-14-32-27)33-31(38)35(30)16-8-15-34-17-19-37-20-18-34/h3-7,9-14,21,29-30H,8,15-20H2,1-2H3,(H,33,38)/t29-,30-/m1/s1. The lowest BCUT2D eigenvalue weighted by molar-refractivity contribution is 0.0365. The molecule has 0 amide bonds. The first kappa shape index (κ1) is 25.0. The van der Waals surface area contributed by atoms with E-state index in [4.69, 9.17) is 21.9 Å². The fraction of sp³-hybridized carbons (Fsp3) is 0.355. The fourth-order valence-corrected chi connectivity index (χ4v) is 6.47. The Kier molecular flexibility index (Phi) is 7.15. The molecular formula is C31H35N5OS. The Bertz CT molecular complexity index is 1420. The van der Waals surface area contributed by atoms with Gasteiger partial charge in [0.05, 0.1) is 36.7 Å². The molecule has 2 aliphatic heterocycles. The summed E-state index contributed by atoms with van der Waals surface area (Å²) in [5, 5.41) is 6.95. The third-order valence-electron chi connectivity index (χ3n) is 7.97. The Morgan fingerprint density at radius 2 is 1.76 bits per heavy atom. The normalized spacial score (nSPS) is 20.3. The Labute approximate surface area is 230 Å². The minimum atomic E-state index is -0.00597. The molecule has 4 heterocycles. The van der Waals surface area contributed by atoms with Crippen LogP contribution in [0.5, 0.6) is 0 Å². The maximum atomic E-state index is 5.95. The molecule has 6 nitrogen and oxygen atoms in total. The van der Waals surface area contributed by atoms with Crippen molar-refractivity contribution in [3.8, 4) is 5.69 Å². The summed E-state index contributed by atoms with van der Waals surface area (Å²) in [6.07, 6.45) is 2.92. The van der Waals surface area contributed by atoms with Crippen LogP contribution in [0.15, 0.2) is 72.9 Å². The Morgan fingerprint density at radius 1 is 0.974 bits per heavy atom. The Balaban J connectivity index is 1.37. The van der Waals surface area contributed by atoms with Crippen LogP contribution in [0.3, 0.4) is 0 Å². The zero-order valence-electron chi connectivity index (χ0n) is 22.1. The van der Waals surface area contributed by atoms with Gasteiger partial charge in [0.1, 0.15) is 0 Å². The van der Waals surface area contributed by atoms with E-state index in [1.54, 1.807) is 0 Å². The second-order valence-electron chi connectivity index (χ2n) is 10.3. The van der Waals surface area contributed by atoms with Crippen LogP contribution in [-0.2, 0) is 4.74 Å². The van der Waals surface area contributed by atoms with Crippen LogP contribution in [0.2, 0.25) is 0 Å². The quantitative estimate of drug-likeness (QED) is 0.329. The molecule has 2 saturated heterocycles. The predicted octanol–water partition coefficient (Wildman–Crippen LogP) is 5.34. The minimum absolute atomic E-state index is 0.00597. The molecule has 0 saturated carbocycles. The number of aromatic nitrogens is 2. The van der Waals surface area contributed by atoms with Gasteiger partial charge in [-0.2, -0.15) is 0 Å². The van der Waals surface area contributed by atoms with E-state index >= 15 is 0 Å². The molecule has 0 bridgehead atoms. The van der Waals surface area contributed by atoms with Gasteiger partial charge in [-0.05, 0) is 67.7 Å². The van der Waals surface area contributed by atoms with Crippen LogP contribution < -0.4 is 5.32 Å². The highest BCUT2D eigenvalue weighted by atomic mass is 32.1. The number of hydrogen-bond acceptors (Lipinski definition) is 4. The van der Waals surface area contributed by atoms with Crippen LogP contribution in [0.4, 0.5) is 0 Å². The molecule has 0 aliphatic carbocycles. The highest BCUT2D eigenvalue weighted by Crippen LogP contribution is 2.42. The van der Waals surface area contributed by atoms with E-state index in [-0.39, 0.29) is 12.1 Å². The van der Waals surface area contributed by atoms with Gasteiger partial charge in [-0.15, -0.1) is 0 Å². The summed E-state index contributed by atoms with van der Waals surface area (Å²) in [6.45, 7) is 10.1. The van der Waals surface area contributed by atoms with Crippen molar-refractivity contribution >= 4 is 28.1 Å². The fourth-order valence-electron chi connectivity index (χ4n) is 6.14. The van der Waals surface area contributed by atoms with Gasteiger partial charge in [-0.3, -0.25) is 9.88 Å². The van der Waals surface area contributed by atoms with Gasteiger partial charge in [0.15, 0.2) is 5.11 Å². The van der Waals surface area contributed by atoms with Gasteiger partial charge in [0.2, 0.25) is 0 Å². The molecule has 0 unspecified atom stereocenters. The molecule has 0 spiro atoms. The second-order valence-corrected chi connectivity index (χ2v) is 10.7. The zero-order valence-corrected chi connectivity index (χ0v) is 23.0. The second kappa shape index (κ2) is 10.8. The highest BCUT2D eigenvalue weighted by molar-refractivity contribution is 7.80. The van der Waals surface area contributed by atoms with Gasteiger partial charge >= 0.3 is 0 Å². The Morgan fingerprint density at radius 3 is 2.58 bits per heavy atom. The average Bonchev–Trinajstić information content (AvgIpc) is 3.43. The van der Waals surface area contributed by atoms with Crippen molar-refractivity contribution in [2.75, 3.05) is 39.4 Å². The molecule has 7 heteroatoms. The maximum absolute atomic E-state index is 5.95. The van der Waals surface area contributed by atoms with Gasteiger partial charge in [0.25, 0.3) is 0 Å². The zero-order chi connectivity index (χ0) is 26.1. The Hall–Kier alpha value is -3.26. The van der Waals surface area contributed by atoms with Crippen molar-refractivity contribution in [2.45, 2.75) is 32.4 Å². The molecule has 2 aromatic carbocycles. The first-order valence-corrected chi connectivity index (χ1v) is 14.0. The van der Waals surface area contributed by atoms with E-state index in [0.29, 0.717) is 0 Å². The smallest absolute Gasteiger partial charge is 0.170 e. The van der Waals surface area contributed by atoms with Crippen molar-refractivity contribution in [1.29, 1.82) is 0 Å². The SMILES string of the molecule is Cc1cc([C@@H]2[C@@H](c3ccccn3)NC(=S)N2CCCN2CCOCC2)c(C)n1-c1cccc2ccccc12. The van der Waals surface area contributed by atoms with Gasteiger partial charge in [-0.1, -0.05) is 42.5 Å². The lowest BCUT2D eigenvalue weighted by Gasteiger charge is -2.30. The predicted molar refractivity (Wildman–Crippen MR) is 157 cm³/mol. The summed E-state index contributed by atoms with van der Waals surface area (Å²) in [7, 11) is 0. The summed E-state index contributed by atoms with van der Waals surface area (Å²) in [6, 6.07) is 23.7. The van der Waals surface area contributed by atoms with Crippen LogP contribution in [0, 0.1) is 13.8 Å². The van der Waals surface area contributed by atoms with Gasteiger partial charge in [-0.25, -0.2) is 0 Å². The van der Waals surface area contributed by atoms with Crippen molar-refractivity contribution in [3.63, 3.8) is 0 Å². The topological polar surface area (TPSA) is 45.6 Å². The molecule has 38 heavy (non-hydrogen) atoms. The number of aryl methyl sites for hydroxylation is 1. The lowest BCUT2D eigenvalue weighted by atomic mass is 9.96. The highest BCUT2D eigenvalue weighted by Gasteiger charge is 2.41. The van der Waals surface area contributed by atoms with Crippen LogP contribution in [-0.4, -0.2) is 63.9 Å². The number of hydrogen-bond donors (Lipinski definition) is 1. The molecule has 196 valence electrons. The number of thiocarbonyl (C=S) groups is 1. The third-order valence-corrected chi connectivity index (χ3v) is 8.32. The number of fused-ring (bicyclic) bond motifs is 1. The van der Waals surface area contributed by atoms with E-state index < -0.39 is 0 Å². The maximum Gasteiger partial charge on any atom is 0.170 e. The van der Waals surface area contributed by atoms with Gasteiger partial charge < -0.3 is 19.5 Å². The van der Waals surface area contributed by atoms with Crippen LogP contribution >= 0.6 is 12.2 Å². The van der Waals surface area contributed by atoms with Gasteiger partial charge in [0, 0.05) is 49.1 Å². The van der Waals surface area contributed by atoms with Crippen LogP contribution in [0.25, 0.3) is 16.5 Å². The van der Waals surface area contributed by atoms with Crippen molar-refractivity contribution in [3.05, 3.63) is 95.6 Å². The first-order chi connectivity index (χ1) is 18.6. The molecule has 0 radical (unpaired) electrons. The lowest BCUT2D eigenvalue weighted by Crippen LogP contribution is -2.39. The summed E-state index contributed by atoms with van der Waals surface area (Å²) in [4.78, 5) is 9.63. The number of rotatable bonds is 7. The van der Waals surface area contributed by atoms with Crippen LogP contribution in [0.1, 0.15) is 41.1 Å². The van der Waals surface area contributed by atoms with E-state index in [9.17, 15) is 0 Å². The number of morpholine rings is 1. The summed E-state index contributed by atoms with van der Waals surface area (Å²) in [5.41, 5.74) is 6.00. The van der Waals surface area contributed by atoms with E-state index in [2.05, 4.69) is 94.2 Å². The van der Waals surface area contributed by atoms with E-state index in [1.807, 2.05) is 12.3 Å². The molecule has 2 atom stereocenters. The average molecular weight is 526 g/mol. The molecule has 4 aromatic rings. The molecule has 2 fully saturated rings.